The fraction of sp³-hybridized carbons (Fsp3) is 0.267. The Bertz CT molecular complexity index is 637. The lowest BCUT2D eigenvalue weighted by molar-refractivity contribution is 0.700. The molecule has 1 aromatic carbocycles. The van der Waals surface area contributed by atoms with Crippen LogP contribution in [-0.2, 0) is 6.42 Å². The third-order valence-electron chi connectivity index (χ3n) is 2.83. The van der Waals surface area contributed by atoms with Gasteiger partial charge in [-0.2, -0.15) is 14.9 Å². The first-order valence-corrected chi connectivity index (χ1v) is 7.14. The second-order valence-corrected chi connectivity index (χ2v) is 4.78. The summed E-state index contributed by atoms with van der Waals surface area (Å²) < 4.78 is 2.21. The number of aromatic amines is 1. The summed E-state index contributed by atoms with van der Waals surface area (Å²) >= 11 is 5.17. The van der Waals surface area contributed by atoms with Crippen LogP contribution >= 0.6 is 12.2 Å². The van der Waals surface area contributed by atoms with Gasteiger partial charge in [0.2, 0.25) is 4.77 Å². The molecule has 104 valence electrons. The summed E-state index contributed by atoms with van der Waals surface area (Å²) in [6.45, 7) is 2.15. The monoisotopic (exact) mass is 286 g/mol. The number of aryl methyl sites for hydroxylation is 1. The molecular formula is C15H18N4S. The van der Waals surface area contributed by atoms with Gasteiger partial charge in [0.25, 0.3) is 0 Å². The van der Waals surface area contributed by atoms with Gasteiger partial charge in [-0.3, -0.25) is 5.10 Å². The van der Waals surface area contributed by atoms with Crippen molar-refractivity contribution in [2.24, 2.45) is 5.10 Å². The quantitative estimate of drug-likeness (QED) is 0.648. The summed E-state index contributed by atoms with van der Waals surface area (Å²) in [6, 6.07) is 10.1. The number of H-pyrrole nitrogens is 1. The van der Waals surface area contributed by atoms with Gasteiger partial charge in [-0.1, -0.05) is 49.8 Å². The number of nitrogens with zero attached hydrogens (tertiary/aromatic N) is 3. The van der Waals surface area contributed by atoms with Crippen LogP contribution in [0.1, 0.15) is 31.2 Å². The molecule has 0 amide bonds. The minimum absolute atomic E-state index is 0.528. The molecule has 2 rings (SSSR count). The van der Waals surface area contributed by atoms with E-state index >= 15 is 0 Å². The van der Waals surface area contributed by atoms with Gasteiger partial charge in [0.05, 0.1) is 0 Å². The van der Waals surface area contributed by atoms with E-state index in [0.717, 1.165) is 30.7 Å². The van der Waals surface area contributed by atoms with Crippen LogP contribution in [0.5, 0.6) is 0 Å². The maximum Gasteiger partial charge on any atom is 0.216 e. The fourth-order valence-electron chi connectivity index (χ4n) is 1.76. The van der Waals surface area contributed by atoms with Crippen molar-refractivity contribution in [1.82, 2.24) is 14.9 Å². The number of hydrogen-bond donors (Lipinski definition) is 1. The number of benzene rings is 1. The van der Waals surface area contributed by atoms with E-state index in [1.165, 1.54) is 0 Å². The molecule has 0 aliphatic carbocycles. The van der Waals surface area contributed by atoms with E-state index in [1.54, 1.807) is 10.9 Å². The van der Waals surface area contributed by atoms with Crippen LogP contribution < -0.4 is 0 Å². The normalized spacial score (nSPS) is 11.7. The maximum atomic E-state index is 5.17. The van der Waals surface area contributed by atoms with E-state index in [2.05, 4.69) is 22.2 Å². The Morgan fingerprint density at radius 2 is 2.15 bits per heavy atom. The topological polar surface area (TPSA) is 46.0 Å². The Balaban J connectivity index is 2.06. The van der Waals surface area contributed by atoms with E-state index in [4.69, 9.17) is 12.2 Å². The van der Waals surface area contributed by atoms with Gasteiger partial charge < -0.3 is 0 Å². The SMILES string of the molecule is CCCCc1n[nH]c(=S)n1/N=C\C=C/c1ccccc1. The zero-order chi connectivity index (χ0) is 14.2. The highest BCUT2D eigenvalue weighted by atomic mass is 32.1. The molecule has 0 bridgehead atoms. The molecule has 4 nitrogen and oxygen atoms in total. The molecule has 0 atom stereocenters. The molecule has 0 unspecified atom stereocenters. The van der Waals surface area contributed by atoms with Gasteiger partial charge in [0, 0.05) is 12.6 Å². The highest BCUT2D eigenvalue weighted by molar-refractivity contribution is 7.71. The van der Waals surface area contributed by atoms with Crippen molar-refractivity contribution in [1.29, 1.82) is 0 Å². The largest absolute Gasteiger partial charge is 0.250 e. The summed E-state index contributed by atoms with van der Waals surface area (Å²) in [5.74, 6) is 0.876. The molecule has 0 radical (unpaired) electrons. The predicted octanol–water partition coefficient (Wildman–Crippen LogP) is 3.83. The Hall–Kier alpha value is -2.01. The zero-order valence-corrected chi connectivity index (χ0v) is 12.3. The molecule has 20 heavy (non-hydrogen) atoms. The second kappa shape index (κ2) is 7.55. The van der Waals surface area contributed by atoms with Crippen molar-refractivity contribution in [3.63, 3.8) is 0 Å². The molecule has 0 fully saturated rings. The first-order chi connectivity index (χ1) is 9.81. The second-order valence-electron chi connectivity index (χ2n) is 4.39. The number of rotatable bonds is 6. The lowest BCUT2D eigenvalue weighted by Gasteiger charge is -1.98. The summed E-state index contributed by atoms with van der Waals surface area (Å²) in [5, 5.41) is 11.3. The number of allylic oxidation sites excluding steroid dienone is 1. The van der Waals surface area contributed by atoms with Crippen molar-refractivity contribution >= 4 is 24.5 Å². The first kappa shape index (κ1) is 14.4. The van der Waals surface area contributed by atoms with E-state index in [9.17, 15) is 0 Å². The Labute approximate surface area is 123 Å². The highest BCUT2D eigenvalue weighted by Crippen LogP contribution is 2.03. The Morgan fingerprint density at radius 3 is 2.90 bits per heavy atom. The minimum Gasteiger partial charge on any atom is -0.250 e. The van der Waals surface area contributed by atoms with E-state index in [0.29, 0.717) is 4.77 Å². The van der Waals surface area contributed by atoms with Gasteiger partial charge in [-0.15, -0.1) is 0 Å². The predicted molar refractivity (Wildman–Crippen MR) is 85.4 cm³/mol. The molecule has 1 aromatic heterocycles. The average molecular weight is 286 g/mol. The van der Waals surface area contributed by atoms with E-state index in [1.807, 2.05) is 42.5 Å². The standard InChI is InChI=1S/C15H18N4S/c1-2-3-11-14-17-18-15(20)19(14)16-12-7-10-13-8-5-4-6-9-13/h4-10,12H,2-3,11H2,1H3,(H,18,20)/b10-7-,16-12-. The lowest BCUT2D eigenvalue weighted by Crippen LogP contribution is -1.98. The summed E-state index contributed by atoms with van der Waals surface area (Å²) in [6.07, 6.45) is 8.70. The summed E-state index contributed by atoms with van der Waals surface area (Å²) in [4.78, 5) is 0. The fourth-order valence-corrected chi connectivity index (χ4v) is 1.96. The van der Waals surface area contributed by atoms with Gasteiger partial charge in [0.1, 0.15) is 0 Å². The average Bonchev–Trinajstić information content (AvgIpc) is 2.83. The molecule has 0 aliphatic rings. The molecule has 1 heterocycles. The Kier molecular flexibility index (Phi) is 5.43. The van der Waals surface area contributed by atoms with Gasteiger partial charge in [-0.25, -0.2) is 0 Å². The van der Waals surface area contributed by atoms with Crippen molar-refractivity contribution in [3.05, 3.63) is 52.6 Å². The molecule has 2 aromatic rings. The van der Waals surface area contributed by atoms with Crippen LogP contribution in [0.3, 0.4) is 0 Å². The van der Waals surface area contributed by atoms with Crippen LogP contribution in [0, 0.1) is 4.77 Å². The minimum atomic E-state index is 0.528. The highest BCUT2D eigenvalue weighted by Gasteiger charge is 2.02. The van der Waals surface area contributed by atoms with Crippen LogP contribution in [0.2, 0.25) is 0 Å². The number of nitrogens with one attached hydrogen (secondary N) is 1. The van der Waals surface area contributed by atoms with Crippen LogP contribution in [0.4, 0.5) is 0 Å². The van der Waals surface area contributed by atoms with Crippen LogP contribution in [-0.4, -0.2) is 21.1 Å². The van der Waals surface area contributed by atoms with Gasteiger partial charge in [0.15, 0.2) is 5.82 Å². The van der Waals surface area contributed by atoms with Gasteiger partial charge >= 0.3 is 0 Å². The van der Waals surface area contributed by atoms with E-state index in [-0.39, 0.29) is 0 Å². The lowest BCUT2D eigenvalue weighted by atomic mass is 10.2. The molecular weight excluding hydrogens is 268 g/mol. The number of unbranched alkanes of at least 4 members (excludes halogenated alkanes) is 1. The molecule has 0 saturated carbocycles. The Morgan fingerprint density at radius 1 is 1.35 bits per heavy atom. The summed E-state index contributed by atoms with van der Waals surface area (Å²) in [5.41, 5.74) is 1.14. The zero-order valence-electron chi connectivity index (χ0n) is 11.5. The van der Waals surface area contributed by atoms with Crippen molar-refractivity contribution in [2.45, 2.75) is 26.2 Å². The smallest absolute Gasteiger partial charge is 0.216 e. The number of hydrogen-bond acceptors (Lipinski definition) is 3. The summed E-state index contributed by atoms with van der Waals surface area (Å²) in [7, 11) is 0. The molecule has 5 heteroatoms. The van der Waals surface area contributed by atoms with E-state index < -0.39 is 0 Å². The number of aromatic nitrogens is 3. The third-order valence-corrected chi connectivity index (χ3v) is 3.09. The molecule has 1 N–H and O–H groups in total. The van der Waals surface area contributed by atoms with Crippen molar-refractivity contribution < 1.29 is 0 Å². The van der Waals surface area contributed by atoms with Crippen molar-refractivity contribution in [2.75, 3.05) is 0 Å². The first-order valence-electron chi connectivity index (χ1n) is 6.73. The maximum absolute atomic E-state index is 5.17. The van der Waals surface area contributed by atoms with Crippen LogP contribution in [0.15, 0.2) is 41.5 Å². The van der Waals surface area contributed by atoms with Crippen molar-refractivity contribution in [3.8, 4) is 0 Å². The third kappa shape index (κ3) is 3.99. The molecule has 0 saturated heterocycles. The van der Waals surface area contributed by atoms with Crippen LogP contribution in [0.25, 0.3) is 6.08 Å². The van der Waals surface area contributed by atoms with Gasteiger partial charge in [-0.05, 0) is 30.3 Å². The molecule has 0 aliphatic heterocycles. The molecule has 0 spiro atoms.